The maximum atomic E-state index is 12.8. The Kier molecular flexibility index (Phi) is 4.78. The lowest BCUT2D eigenvalue weighted by Crippen LogP contribution is -2.45. The van der Waals surface area contributed by atoms with E-state index in [1.165, 1.54) is 28.6 Å². The molecule has 2 rings (SSSR count). The van der Waals surface area contributed by atoms with Gasteiger partial charge in [-0.3, -0.25) is 0 Å². The van der Waals surface area contributed by atoms with Crippen LogP contribution < -0.4 is 5.73 Å². The first kappa shape index (κ1) is 15.4. The van der Waals surface area contributed by atoms with Crippen LogP contribution in [0.2, 0.25) is 0 Å². The van der Waals surface area contributed by atoms with Gasteiger partial charge in [0, 0.05) is 13.1 Å². The van der Waals surface area contributed by atoms with Crippen LogP contribution in [0.15, 0.2) is 24.3 Å². The van der Waals surface area contributed by atoms with E-state index in [4.69, 9.17) is 5.73 Å². The molecule has 2 atom stereocenters. The highest BCUT2D eigenvalue weighted by Crippen LogP contribution is 2.25. The summed E-state index contributed by atoms with van der Waals surface area (Å²) in [5.74, 6) is 0.226. The molecule has 2 N–H and O–H groups in total. The van der Waals surface area contributed by atoms with Gasteiger partial charge in [0.15, 0.2) is 0 Å². The van der Waals surface area contributed by atoms with Crippen LogP contribution in [0.4, 0.5) is 4.39 Å². The summed E-state index contributed by atoms with van der Waals surface area (Å²) >= 11 is 0. The smallest absolute Gasteiger partial charge is 0.218 e. The molecule has 6 heteroatoms. The van der Waals surface area contributed by atoms with Gasteiger partial charge < -0.3 is 5.73 Å². The molecule has 1 aliphatic rings. The average molecular weight is 300 g/mol. The van der Waals surface area contributed by atoms with Crippen molar-refractivity contribution < 1.29 is 12.8 Å². The van der Waals surface area contributed by atoms with Crippen molar-refractivity contribution in [2.75, 3.05) is 19.6 Å². The van der Waals surface area contributed by atoms with Crippen LogP contribution in [0.25, 0.3) is 0 Å². The summed E-state index contributed by atoms with van der Waals surface area (Å²) in [6.45, 7) is 3.65. The monoisotopic (exact) mass is 300 g/mol. The second-order valence-electron chi connectivity index (χ2n) is 5.50. The zero-order valence-electron chi connectivity index (χ0n) is 11.6. The van der Waals surface area contributed by atoms with E-state index in [1.54, 1.807) is 0 Å². The first-order valence-corrected chi connectivity index (χ1v) is 8.45. The lowest BCUT2D eigenvalue weighted by Gasteiger charge is -2.35. The summed E-state index contributed by atoms with van der Waals surface area (Å²) in [6, 6.07) is 5.59. The zero-order valence-corrected chi connectivity index (χ0v) is 12.4. The van der Waals surface area contributed by atoms with Crippen molar-refractivity contribution in [3.63, 3.8) is 0 Å². The molecule has 0 aromatic heterocycles. The number of benzene rings is 1. The van der Waals surface area contributed by atoms with Gasteiger partial charge >= 0.3 is 0 Å². The molecule has 1 aliphatic heterocycles. The molecule has 0 bridgehead atoms. The molecule has 2 unspecified atom stereocenters. The highest BCUT2D eigenvalue weighted by atomic mass is 32.2. The van der Waals surface area contributed by atoms with E-state index < -0.39 is 10.0 Å². The number of nitrogens with zero attached hydrogens (tertiary/aromatic N) is 1. The van der Waals surface area contributed by atoms with Crippen molar-refractivity contribution in [2.45, 2.75) is 19.1 Å². The maximum Gasteiger partial charge on any atom is 0.218 e. The Balaban J connectivity index is 2.08. The zero-order chi connectivity index (χ0) is 14.8. The largest absolute Gasteiger partial charge is 0.330 e. The Hall–Kier alpha value is -0.980. The van der Waals surface area contributed by atoms with Crippen LogP contribution in [-0.2, 0) is 15.8 Å². The number of hydrogen-bond donors (Lipinski definition) is 1. The molecular weight excluding hydrogens is 279 g/mol. The van der Waals surface area contributed by atoms with E-state index in [1.807, 2.05) is 0 Å². The Labute approximate surface area is 119 Å². The second-order valence-corrected chi connectivity index (χ2v) is 7.47. The summed E-state index contributed by atoms with van der Waals surface area (Å²) in [6.07, 6.45) is 0.838. The molecule has 4 nitrogen and oxygen atoms in total. The first-order chi connectivity index (χ1) is 9.42. The first-order valence-electron chi connectivity index (χ1n) is 6.84. The Morgan fingerprint density at radius 1 is 1.35 bits per heavy atom. The molecule has 20 heavy (non-hydrogen) atoms. The Morgan fingerprint density at radius 3 is 2.60 bits per heavy atom. The van der Waals surface area contributed by atoms with E-state index in [-0.39, 0.29) is 17.5 Å². The van der Waals surface area contributed by atoms with Crippen LogP contribution in [-0.4, -0.2) is 32.4 Å². The number of piperidine rings is 1. The second kappa shape index (κ2) is 6.20. The van der Waals surface area contributed by atoms with Crippen LogP contribution in [0.3, 0.4) is 0 Å². The van der Waals surface area contributed by atoms with E-state index in [2.05, 4.69) is 6.92 Å². The summed E-state index contributed by atoms with van der Waals surface area (Å²) in [5, 5.41) is 0. The molecule has 0 radical (unpaired) electrons. The van der Waals surface area contributed by atoms with Gasteiger partial charge in [-0.2, -0.15) is 0 Å². The van der Waals surface area contributed by atoms with E-state index >= 15 is 0 Å². The van der Waals surface area contributed by atoms with Crippen LogP contribution in [0.1, 0.15) is 18.9 Å². The highest BCUT2D eigenvalue weighted by molar-refractivity contribution is 7.88. The number of hydrogen-bond acceptors (Lipinski definition) is 3. The highest BCUT2D eigenvalue weighted by Gasteiger charge is 2.32. The molecule has 1 fully saturated rings. The number of halogens is 1. The van der Waals surface area contributed by atoms with Crippen LogP contribution in [0, 0.1) is 17.7 Å². The van der Waals surface area contributed by atoms with Crippen molar-refractivity contribution in [3.05, 3.63) is 35.6 Å². The Morgan fingerprint density at radius 2 is 2.00 bits per heavy atom. The normalized spacial score (nSPS) is 24.8. The van der Waals surface area contributed by atoms with Gasteiger partial charge in [-0.15, -0.1) is 0 Å². The molecule has 1 heterocycles. The molecule has 1 aromatic rings. The third-order valence-corrected chi connectivity index (χ3v) is 5.85. The minimum absolute atomic E-state index is 0.0844. The molecule has 112 valence electrons. The van der Waals surface area contributed by atoms with Crippen molar-refractivity contribution in [1.29, 1.82) is 0 Å². The van der Waals surface area contributed by atoms with Gasteiger partial charge in [0.1, 0.15) is 5.82 Å². The van der Waals surface area contributed by atoms with Crippen molar-refractivity contribution in [2.24, 2.45) is 17.6 Å². The van der Waals surface area contributed by atoms with Crippen LogP contribution >= 0.6 is 0 Å². The summed E-state index contributed by atoms with van der Waals surface area (Å²) in [4.78, 5) is 0. The van der Waals surface area contributed by atoms with E-state index in [0.29, 0.717) is 31.1 Å². The molecule has 1 aromatic carbocycles. The van der Waals surface area contributed by atoms with Crippen LogP contribution in [0.5, 0.6) is 0 Å². The number of nitrogens with two attached hydrogens (primary N) is 1. The SMILES string of the molecule is CC1CCN(S(=O)(=O)Cc2ccc(F)cc2)CC1CN. The van der Waals surface area contributed by atoms with Gasteiger partial charge in [-0.1, -0.05) is 19.1 Å². The number of rotatable bonds is 4. The van der Waals surface area contributed by atoms with Gasteiger partial charge in [-0.05, 0) is 42.5 Å². The minimum atomic E-state index is -3.36. The predicted molar refractivity (Wildman–Crippen MR) is 76.9 cm³/mol. The topological polar surface area (TPSA) is 63.4 Å². The molecule has 0 spiro atoms. The molecule has 0 amide bonds. The summed E-state index contributed by atoms with van der Waals surface area (Å²) < 4.78 is 39.2. The van der Waals surface area contributed by atoms with Gasteiger partial charge in [0.05, 0.1) is 5.75 Å². The van der Waals surface area contributed by atoms with Crippen molar-refractivity contribution in [3.8, 4) is 0 Å². The Bertz CT molecular complexity index is 545. The third kappa shape index (κ3) is 3.56. The van der Waals surface area contributed by atoms with Gasteiger partial charge in [0.2, 0.25) is 10.0 Å². The lowest BCUT2D eigenvalue weighted by molar-refractivity contribution is 0.203. The minimum Gasteiger partial charge on any atom is -0.330 e. The standard InChI is InChI=1S/C14H21FN2O2S/c1-11-6-7-17(9-13(11)8-16)20(18,19)10-12-2-4-14(15)5-3-12/h2-5,11,13H,6-10,16H2,1H3. The molecule has 0 saturated carbocycles. The predicted octanol–water partition coefficient (Wildman–Crippen LogP) is 1.57. The fourth-order valence-corrected chi connectivity index (χ4v) is 4.16. The molecular formula is C14H21FN2O2S. The molecule has 1 saturated heterocycles. The van der Waals surface area contributed by atoms with Gasteiger partial charge in [-0.25, -0.2) is 17.1 Å². The van der Waals surface area contributed by atoms with E-state index in [0.717, 1.165) is 6.42 Å². The van der Waals surface area contributed by atoms with Crippen molar-refractivity contribution >= 4 is 10.0 Å². The number of sulfonamides is 1. The molecule has 0 aliphatic carbocycles. The summed E-state index contributed by atoms with van der Waals surface area (Å²) in [5.41, 5.74) is 6.31. The maximum absolute atomic E-state index is 12.8. The quantitative estimate of drug-likeness (QED) is 0.918. The fraction of sp³-hybridized carbons (Fsp3) is 0.571. The fourth-order valence-electron chi connectivity index (χ4n) is 2.56. The van der Waals surface area contributed by atoms with E-state index in [9.17, 15) is 12.8 Å². The van der Waals surface area contributed by atoms with Crippen molar-refractivity contribution in [1.82, 2.24) is 4.31 Å². The summed E-state index contributed by atoms with van der Waals surface area (Å²) in [7, 11) is -3.36. The third-order valence-electron chi connectivity index (χ3n) is 4.04. The average Bonchev–Trinajstić information content (AvgIpc) is 2.41. The van der Waals surface area contributed by atoms with Gasteiger partial charge in [0.25, 0.3) is 0 Å². The lowest BCUT2D eigenvalue weighted by atomic mass is 9.88.